The van der Waals surface area contributed by atoms with Gasteiger partial charge in [-0.05, 0) is 12.5 Å². The largest absolute Gasteiger partial charge is 0.326 e. The number of hydrogen-bond acceptors (Lipinski definition) is 4. The van der Waals surface area contributed by atoms with Crippen LogP contribution in [0.1, 0.15) is 18.9 Å². The third-order valence-corrected chi connectivity index (χ3v) is 3.48. The maximum Gasteiger partial charge on any atom is 0.325 e. The monoisotopic (exact) mass is 297 g/mol. The van der Waals surface area contributed by atoms with Crippen molar-refractivity contribution >= 4 is 29.2 Å². The van der Waals surface area contributed by atoms with Crippen LogP contribution in [0.3, 0.4) is 0 Å². The number of urea groups is 1. The summed E-state index contributed by atoms with van der Waals surface area (Å²) in [6, 6.07) is 3.08. The molecule has 0 saturated carbocycles. The second kappa shape index (κ2) is 5.46. The van der Waals surface area contributed by atoms with E-state index in [0.717, 1.165) is 4.90 Å². The number of nitro benzene ring substituents is 1. The van der Waals surface area contributed by atoms with Gasteiger partial charge in [0.1, 0.15) is 6.04 Å². The second-order valence-electron chi connectivity index (χ2n) is 4.33. The van der Waals surface area contributed by atoms with Crippen LogP contribution < -0.4 is 5.32 Å². The first-order chi connectivity index (χ1) is 9.45. The summed E-state index contributed by atoms with van der Waals surface area (Å²) >= 11 is 5.94. The van der Waals surface area contributed by atoms with Crippen molar-refractivity contribution < 1.29 is 14.5 Å². The number of carbonyl (C=O) groups excluding carboxylic acids is 2. The lowest BCUT2D eigenvalue weighted by atomic mass is 10.1. The van der Waals surface area contributed by atoms with Crippen molar-refractivity contribution in [2.24, 2.45) is 0 Å². The average Bonchev–Trinajstić information content (AvgIpc) is 2.67. The zero-order valence-corrected chi connectivity index (χ0v) is 11.4. The van der Waals surface area contributed by atoms with Gasteiger partial charge in [0.05, 0.1) is 22.1 Å². The molecule has 0 aliphatic carbocycles. The van der Waals surface area contributed by atoms with Crippen LogP contribution in [0.4, 0.5) is 10.5 Å². The minimum absolute atomic E-state index is 0.152. The van der Waals surface area contributed by atoms with Crippen molar-refractivity contribution in [3.63, 3.8) is 0 Å². The standard InChI is InChI=1S/C12H12ClN3O4/c1-2-9-11(17)15(12(18)14-9)6-7-8(13)4-3-5-10(7)16(19)20/h3-5,9H,2,6H2,1H3,(H,14,18). The first-order valence-electron chi connectivity index (χ1n) is 5.99. The van der Waals surface area contributed by atoms with Gasteiger partial charge in [-0.2, -0.15) is 0 Å². The fourth-order valence-corrected chi connectivity index (χ4v) is 2.27. The molecule has 0 spiro atoms. The highest BCUT2D eigenvalue weighted by molar-refractivity contribution is 6.31. The highest BCUT2D eigenvalue weighted by atomic mass is 35.5. The van der Waals surface area contributed by atoms with Crippen LogP contribution in [0.15, 0.2) is 18.2 Å². The van der Waals surface area contributed by atoms with Crippen molar-refractivity contribution in [2.45, 2.75) is 25.9 Å². The Morgan fingerprint density at radius 1 is 1.45 bits per heavy atom. The molecule has 20 heavy (non-hydrogen) atoms. The van der Waals surface area contributed by atoms with E-state index in [-0.39, 0.29) is 22.8 Å². The number of rotatable bonds is 4. The van der Waals surface area contributed by atoms with Gasteiger partial charge in [-0.3, -0.25) is 19.8 Å². The van der Waals surface area contributed by atoms with Gasteiger partial charge in [0.15, 0.2) is 0 Å². The van der Waals surface area contributed by atoms with Crippen LogP contribution in [0, 0.1) is 10.1 Å². The van der Waals surface area contributed by atoms with Gasteiger partial charge in [-0.25, -0.2) is 4.79 Å². The molecule has 1 aromatic rings. The maximum absolute atomic E-state index is 12.0. The lowest BCUT2D eigenvalue weighted by Crippen LogP contribution is -2.31. The number of benzene rings is 1. The predicted octanol–water partition coefficient (Wildman–Crippen LogP) is 2.08. The lowest BCUT2D eigenvalue weighted by Gasteiger charge is -2.14. The third kappa shape index (κ3) is 2.44. The zero-order valence-electron chi connectivity index (χ0n) is 10.6. The summed E-state index contributed by atoms with van der Waals surface area (Å²) in [6.07, 6.45) is 0.464. The molecule has 1 fully saturated rings. The minimum Gasteiger partial charge on any atom is -0.326 e. The summed E-state index contributed by atoms with van der Waals surface area (Å²) < 4.78 is 0. The van der Waals surface area contributed by atoms with Crippen molar-refractivity contribution in [1.29, 1.82) is 0 Å². The molecule has 0 aromatic heterocycles. The van der Waals surface area contributed by atoms with Gasteiger partial charge >= 0.3 is 6.03 Å². The fourth-order valence-electron chi connectivity index (χ4n) is 2.04. The highest BCUT2D eigenvalue weighted by Crippen LogP contribution is 2.28. The molecule has 1 atom stereocenters. The zero-order chi connectivity index (χ0) is 14.9. The van der Waals surface area contributed by atoms with E-state index in [1.165, 1.54) is 18.2 Å². The Morgan fingerprint density at radius 2 is 2.15 bits per heavy atom. The average molecular weight is 298 g/mol. The molecule has 1 aliphatic heterocycles. The summed E-state index contributed by atoms with van der Waals surface area (Å²) in [5.74, 6) is -0.397. The minimum atomic E-state index is -0.586. The Kier molecular flexibility index (Phi) is 3.89. The van der Waals surface area contributed by atoms with Crippen LogP contribution in [0.25, 0.3) is 0 Å². The summed E-state index contributed by atoms with van der Waals surface area (Å²) in [4.78, 5) is 35.0. The number of imide groups is 1. The molecular weight excluding hydrogens is 286 g/mol. The van der Waals surface area contributed by atoms with Crippen LogP contribution in [-0.2, 0) is 11.3 Å². The van der Waals surface area contributed by atoms with Gasteiger partial charge < -0.3 is 5.32 Å². The predicted molar refractivity (Wildman–Crippen MR) is 71.3 cm³/mol. The van der Waals surface area contributed by atoms with E-state index >= 15 is 0 Å². The summed E-state index contributed by atoms with van der Waals surface area (Å²) in [7, 11) is 0. The summed E-state index contributed by atoms with van der Waals surface area (Å²) in [6.45, 7) is 1.56. The van der Waals surface area contributed by atoms with Crippen LogP contribution in [0.2, 0.25) is 5.02 Å². The van der Waals surface area contributed by atoms with Crippen LogP contribution >= 0.6 is 11.6 Å². The molecule has 0 bridgehead atoms. The summed E-state index contributed by atoms with van der Waals surface area (Å²) in [5, 5.41) is 13.6. The molecule has 106 valence electrons. The topological polar surface area (TPSA) is 92.6 Å². The van der Waals surface area contributed by atoms with Gasteiger partial charge in [0.25, 0.3) is 11.6 Å². The smallest absolute Gasteiger partial charge is 0.325 e. The number of nitrogens with zero attached hydrogens (tertiary/aromatic N) is 2. The van der Waals surface area contributed by atoms with E-state index in [1.807, 2.05) is 0 Å². The molecule has 1 aliphatic rings. The van der Waals surface area contributed by atoms with Crippen LogP contribution in [-0.4, -0.2) is 27.8 Å². The quantitative estimate of drug-likeness (QED) is 0.523. The first-order valence-corrected chi connectivity index (χ1v) is 6.37. The molecule has 2 rings (SSSR count). The van der Waals surface area contributed by atoms with Gasteiger partial charge in [-0.15, -0.1) is 0 Å². The molecular formula is C12H12ClN3O4. The van der Waals surface area contributed by atoms with E-state index in [2.05, 4.69) is 5.32 Å². The Bertz CT molecular complexity index is 590. The molecule has 1 saturated heterocycles. The summed E-state index contributed by atoms with van der Waals surface area (Å²) in [5.41, 5.74) is -0.0579. The number of nitro groups is 1. The van der Waals surface area contributed by atoms with E-state index in [1.54, 1.807) is 6.92 Å². The SMILES string of the molecule is CCC1NC(=O)N(Cc2c(Cl)cccc2[N+](=O)[O-])C1=O. The molecule has 8 heteroatoms. The fraction of sp³-hybridized carbons (Fsp3) is 0.333. The third-order valence-electron chi connectivity index (χ3n) is 3.12. The molecule has 0 radical (unpaired) electrons. The van der Waals surface area contributed by atoms with Crippen molar-refractivity contribution in [3.8, 4) is 0 Å². The molecule has 3 amide bonds. The van der Waals surface area contributed by atoms with Gasteiger partial charge in [0, 0.05) is 6.07 Å². The van der Waals surface area contributed by atoms with E-state index in [9.17, 15) is 19.7 Å². The van der Waals surface area contributed by atoms with E-state index < -0.39 is 22.9 Å². The van der Waals surface area contributed by atoms with Gasteiger partial charge in [0.2, 0.25) is 0 Å². The van der Waals surface area contributed by atoms with Crippen LogP contribution in [0.5, 0.6) is 0 Å². The second-order valence-corrected chi connectivity index (χ2v) is 4.74. The molecule has 1 unspecified atom stereocenters. The Balaban J connectivity index is 2.33. The maximum atomic E-state index is 12.0. The normalized spacial score (nSPS) is 18.3. The number of nitrogens with one attached hydrogen (secondary N) is 1. The molecule has 7 nitrogen and oxygen atoms in total. The van der Waals surface area contributed by atoms with Crippen molar-refractivity contribution in [2.75, 3.05) is 0 Å². The van der Waals surface area contributed by atoms with Crippen molar-refractivity contribution in [3.05, 3.63) is 38.9 Å². The lowest BCUT2D eigenvalue weighted by molar-refractivity contribution is -0.385. The molecule has 1 aromatic carbocycles. The number of amides is 3. The van der Waals surface area contributed by atoms with E-state index in [0.29, 0.717) is 6.42 Å². The number of hydrogen-bond donors (Lipinski definition) is 1. The molecule has 1 N–H and O–H groups in total. The highest BCUT2D eigenvalue weighted by Gasteiger charge is 2.38. The van der Waals surface area contributed by atoms with Gasteiger partial charge in [-0.1, -0.05) is 24.6 Å². The van der Waals surface area contributed by atoms with Crippen molar-refractivity contribution in [1.82, 2.24) is 10.2 Å². The number of carbonyl (C=O) groups is 2. The Labute approximate surface area is 119 Å². The first kappa shape index (κ1) is 14.3. The number of halogens is 1. The Hall–Kier alpha value is -2.15. The Morgan fingerprint density at radius 3 is 2.70 bits per heavy atom. The molecule has 1 heterocycles. The van der Waals surface area contributed by atoms with E-state index in [4.69, 9.17) is 11.6 Å².